The number of imidazole rings is 1. The molecule has 0 spiro atoms. The number of carbonyl (C=O) groups is 1. The minimum Gasteiger partial charge on any atom is -0.493 e. The first kappa shape index (κ1) is 20.1. The number of benzene rings is 2. The van der Waals surface area contributed by atoms with Crippen LogP contribution in [-0.4, -0.2) is 44.3 Å². The van der Waals surface area contributed by atoms with Gasteiger partial charge in [0.05, 0.1) is 18.5 Å². The summed E-state index contributed by atoms with van der Waals surface area (Å²) in [5, 5.41) is 8.58. The van der Waals surface area contributed by atoms with E-state index in [0.717, 1.165) is 11.1 Å². The molecule has 1 amide bonds. The zero-order valence-corrected chi connectivity index (χ0v) is 16.5. The van der Waals surface area contributed by atoms with Gasteiger partial charge in [-0.2, -0.15) is 0 Å². The van der Waals surface area contributed by atoms with Crippen LogP contribution in [-0.2, 0) is 4.79 Å². The molecule has 0 fully saturated rings. The molecule has 31 heavy (non-hydrogen) atoms. The number of ether oxygens (including phenoxy) is 2. The van der Waals surface area contributed by atoms with E-state index in [1.807, 2.05) is 31.2 Å². The Balaban J connectivity index is 1.70. The summed E-state index contributed by atoms with van der Waals surface area (Å²) in [4.78, 5) is 37.5. The second kappa shape index (κ2) is 8.67. The summed E-state index contributed by atoms with van der Waals surface area (Å²) < 4.78 is 11.2. The van der Waals surface area contributed by atoms with E-state index in [1.54, 1.807) is 18.2 Å². The SMILES string of the molecule is CCOc1cc(-c2cccc(OCC(=O)NO)c2)ccc1-c1nc2nc[nH]c2c(=O)[nH]1. The third kappa shape index (κ3) is 4.23. The lowest BCUT2D eigenvalue weighted by atomic mass is 10.0. The molecule has 4 rings (SSSR count). The Bertz CT molecular complexity index is 1300. The number of fused-ring (bicyclic) bond motifs is 1. The highest BCUT2D eigenvalue weighted by Crippen LogP contribution is 2.33. The number of amides is 1. The molecule has 0 saturated carbocycles. The van der Waals surface area contributed by atoms with Crippen molar-refractivity contribution in [2.24, 2.45) is 0 Å². The predicted molar refractivity (Wildman–Crippen MR) is 112 cm³/mol. The van der Waals surface area contributed by atoms with Gasteiger partial charge in [0.1, 0.15) is 17.3 Å². The van der Waals surface area contributed by atoms with E-state index < -0.39 is 5.91 Å². The predicted octanol–water partition coefficient (Wildman–Crippen LogP) is 2.26. The van der Waals surface area contributed by atoms with Crippen molar-refractivity contribution in [3.05, 3.63) is 59.1 Å². The number of H-pyrrole nitrogens is 2. The van der Waals surface area contributed by atoms with E-state index in [-0.39, 0.29) is 12.2 Å². The smallest absolute Gasteiger partial charge is 0.281 e. The quantitative estimate of drug-likeness (QED) is 0.265. The molecule has 0 radical (unpaired) electrons. The Kier molecular flexibility index (Phi) is 5.63. The molecular weight excluding hydrogens is 402 g/mol. The zero-order chi connectivity index (χ0) is 21.8. The van der Waals surface area contributed by atoms with Gasteiger partial charge >= 0.3 is 0 Å². The highest BCUT2D eigenvalue weighted by atomic mass is 16.5. The van der Waals surface area contributed by atoms with Crippen LogP contribution in [0.15, 0.2) is 53.6 Å². The number of hydroxylamine groups is 1. The minimum absolute atomic E-state index is 0.308. The van der Waals surface area contributed by atoms with Crippen LogP contribution < -0.4 is 20.5 Å². The van der Waals surface area contributed by atoms with Crippen LogP contribution in [0, 0.1) is 0 Å². The fraction of sp³-hybridized carbons (Fsp3) is 0.143. The number of aromatic nitrogens is 4. The number of hydrogen-bond acceptors (Lipinski definition) is 7. The molecule has 2 aromatic carbocycles. The van der Waals surface area contributed by atoms with Gasteiger partial charge in [-0.15, -0.1) is 0 Å². The molecule has 2 heterocycles. The second-order valence-electron chi connectivity index (χ2n) is 6.51. The molecule has 0 aliphatic heterocycles. The lowest BCUT2D eigenvalue weighted by Gasteiger charge is -2.13. The van der Waals surface area contributed by atoms with Crippen molar-refractivity contribution >= 4 is 17.1 Å². The van der Waals surface area contributed by atoms with Gasteiger partial charge in [-0.25, -0.2) is 15.4 Å². The molecule has 10 nitrogen and oxygen atoms in total. The Morgan fingerprint density at radius 2 is 2.00 bits per heavy atom. The van der Waals surface area contributed by atoms with E-state index >= 15 is 0 Å². The van der Waals surface area contributed by atoms with Crippen LogP contribution in [0.1, 0.15) is 6.92 Å². The van der Waals surface area contributed by atoms with Gasteiger partial charge in [0.15, 0.2) is 17.8 Å². The molecule has 0 unspecified atom stereocenters. The molecule has 4 N–H and O–H groups in total. The van der Waals surface area contributed by atoms with Crippen molar-refractivity contribution in [3.63, 3.8) is 0 Å². The first-order chi connectivity index (χ1) is 15.1. The molecule has 2 aromatic heterocycles. The van der Waals surface area contributed by atoms with Gasteiger partial charge in [0, 0.05) is 0 Å². The Morgan fingerprint density at radius 3 is 2.81 bits per heavy atom. The molecule has 10 heteroatoms. The molecule has 4 aromatic rings. The maximum Gasteiger partial charge on any atom is 0.281 e. The van der Waals surface area contributed by atoms with E-state index in [9.17, 15) is 9.59 Å². The molecule has 0 atom stereocenters. The second-order valence-corrected chi connectivity index (χ2v) is 6.51. The summed E-state index contributed by atoms with van der Waals surface area (Å²) in [7, 11) is 0. The molecule has 158 valence electrons. The van der Waals surface area contributed by atoms with Gasteiger partial charge in [-0.3, -0.25) is 14.8 Å². The van der Waals surface area contributed by atoms with Crippen molar-refractivity contribution in [1.82, 2.24) is 25.4 Å². The normalized spacial score (nSPS) is 10.8. The van der Waals surface area contributed by atoms with Crippen LogP contribution in [0.4, 0.5) is 0 Å². The lowest BCUT2D eigenvalue weighted by molar-refractivity contribution is -0.131. The maximum absolute atomic E-state index is 12.3. The average molecular weight is 421 g/mol. The van der Waals surface area contributed by atoms with Crippen molar-refractivity contribution in [3.8, 4) is 34.0 Å². The summed E-state index contributed by atoms with van der Waals surface area (Å²) in [6.45, 7) is 1.98. The van der Waals surface area contributed by atoms with Crippen LogP contribution in [0.3, 0.4) is 0 Å². The number of nitrogens with one attached hydrogen (secondary N) is 3. The van der Waals surface area contributed by atoms with Crippen molar-refractivity contribution in [2.75, 3.05) is 13.2 Å². The third-order valence-electron chi connectivity index (χ3n) is 4.49. The van der Waals surface area contributed by atoms with Crippen molar-refractivity contribution < 1.29 is 19.5 Å². The molecular formula is C21H19N5O5. The van der Waals surface area contributed by atoms with E-state index in [2.05, 4.69) is 19.9 Å². The standard InChI is InChI=1S/C21H19N5O5/c1-2-30-16-9-13(12-4-3-5-14(8-12)31-10-17(27)26-29)6-7-15(16)19-24-20-18(21(28)25-19)22-11-23-20/h3-9,11,29H,2,10H2,1H3,(H,26,27)(H2,22,23,24,25,28). The van der Waals surface area contributed by atoms with Crippen LogP contribution in [0.2, 0.25) is 0 Å². The molecule has 0 saturated heterocycles. The average Bonchev–Trinajstić information content (AvgIpc) is 3.27. The van der Waals surface area contributed by atoms with Crippen molar-refractivity contribution in [1.29, 1.82) is 0 Å². The number of nitrogens with zero attached hydrogens (tertiary/aromatic N) is 2. The van der Waals surface area contributed by atoms with Crippen molar-refractivity contribution in [2.45, 2.75) is 6.92 Å². The maximum atomic E-state index is 12.3. The topological polar surface area (TPSA) is 142 Å². The molecule has 0 aliphatic carbocycles. The van der Waals surface area contributed by atoms with E-state index in [0.29, 0.717) is 40.7 Å². The minimum atomic E-state index is -0.649. The summed E-state index contributed by atoms with van der Waals surface area (Å²) in [6.07, 6.45) is 1.42. The van der Waals surface area contributed by atoms with E-state index in [4.69, 9.17) is 14.7 Å². The number of rotatable bonds is 7. The summed E-state index contributed by atoms with van der Waals surface area (Å²) in [5.74, 6) is 0.720. The molecule has 0 bridgehead atoms. The fourth-order valence-corrected chi connectivity index (χ4v) is 3.09. The van der Waals surface area contributed by atoms with Crippen LogP contribution >= 0.6 is 0 Å². The third-order valence-corrected chi connectivity index (χ3v) is 4.49. The largest absolute Gasteiger partial charge is 0.493 e. The Morgan fingerprint density at radius 1 is 1.16 bits per heavy atom. The van der Waals surface area contributed by atoms with Gasteiger partial charge in [-0.05, 0) is 42.3 Å². The summed E-state index contributed by atoms with van der Waals surface area (Å²) in [5.41, 5.74) is 4.13. The molecule has 0 aliphatic rings. The first-order valence-electron chi connectivity index (χ1n) is 9.46. The van der Waals surface area contributed by atoms with Crippen LogP contribution in [0.25, 0.3) is 33.7 Å². The Hall–Kier alpha value is -4.18. The first-order valence-corrected chi connectivity index (χ1v) is 9.46. The highest BCUT2D eigenvalue weighted by Gasteiger charge is 2.14. The van der Waals surface area contributed by atoms with Gasteiger partial charge < -0.3 is 19.4 Å². The number of hydrogen-bond donors (Lipinski definition) is 4. The highest BCUT2D eigenvalue weighted by molar-refractivity contribution is 5.78. The van der Waals surface area contributed by atoms with E-state index in [1.165, 1.54) is 11.8 Å². The summed E-state index contributed by atoms with van der Waals surface area (Å²) in [6, 6.07) is 12.7. The zero-order valence-electron chi connectivity index (χ0n) is 16.5. The lowest BCUT2D eigenvalue weighted by Crippen LogP contribution is -2.25. The van der Waals surface area contributed by atoms with Gasteiger partial charge in [-0.1, -0.05) is 18.2 Å². The number of aromatic amines is 2. The fourth-order valence-electron chi connectivity index (χ4n) is 3.09. The van der Waals surface area contributed by atoms with Gasteiger partial charge in [0.25, 0.3) is 11.5 Å². The number of carbonyl (C=O) groups excluding carboxylic acids is 1. The summed E-state index contributed by atoms with van der Waals surface area (Å²) >= 11 is 0. The van der Waals surface area contributed by atoms with Gasteiger partial charge in [0.2, 0.25) is 0 Å². The monoisotopic (exact) mass is 421 g/mol. The Labute approximate surface area is 175 Å². The van der Waals surface area contributed by atoms with Crippen LogP contribution in [0.5, 0.6) is 11.5 Å².